The number of hydrogen-bond donors (Lipinski definition) is 2. The normalized spacial score (nSPS) is 17.8. The highest BCUT2D eigenvalue weighted by molar-refractivity contribution is 5.96. The number of nitrogens with zero attached hydrogens (tertiary/aromatic N) is 3. The molecule has 0 radical (unpaired) electrons. The van der Waals surface area contributed by atoms with Crippen LogP contribution in [0.2, 0.25) is 0 Å². The van der Waals surface area contributed by atoms with Gasteiger partial charge in [-0.05, 0) is 60.2 Å². The molecule has 3 aromatic carbocycles. The second-order valence-electron chi connectivity index (χ2n) is 12.6. The fourth-order valence-electron chi connectivity index (χ4n) is 6.16. The number of nitrogens with one attached hydrogen (secondary N) is 2. The van der Waals surface area contributed by atoms with Gasteiger partial charge in [0.05, 0.1) is 6.07 Å². The van der Waals surface area contributed by atoms with Gasteiger partial charge in [-0.25, -0.2) is 4.39 Å². The van der Waals surface area contributed by atoms with Crippen molar-refractivity contribution in [3.8, 4) is 6.07 Å². The lowest BCUT2D eigenvalue weighted by Crippen LogP contribution is -2.66. The summed E-state index contributed by atoms with van der Waals surface area (Å²) in [4.78, 5) is 57.8. The molecule has 1 saturated carbocycles. The molecule has 4 amide bonds. The Labute approximate surface area is 268 Å². The molecule has 2 aliphatic rings. The number of halogens is 1. The molecule has 2 fully saturated rings. The van der Waals surface area contributed by atoms with Crippen molar-refractivity contribution in [1.29, 1.82) is 5.26 Å². The van der Waals surface area contributed by atoms with Crippen molar-refractivity contribution in [3.63, 3.8) is 0 Å². The molecule has 3 aromatic rings. The van der Waals surface area contributed by atoms with E-state index in [-0.39, 0.29) is 43.3 Å². The number of carbonyl (C=O) groups is 4. The molecule has 5 rings (SSSR count). The summed E-state index contributed by atoms with van der Waals surface area (Å²) < 4.78 is 13.6. The third-order valence-electron chi connectivity index (χ3n) is 8.64. The zero-order chi connectivity index (χ0) is 32.8. The maximum atomic E-state index is 14.4. The van der Waals surface area contributed by atoms with E-state index >= 15 is 0 Å². The van der Waals surface area contributed by atoms with Crippen molar-refractivity contribution in [2.45, 2.75) is 76.5 Å². The van der Waals surface area contributed by atoms with Gasteiger partial charge in [-0.1, -0.05) is 67.4 Å². The topological polar surface area (TPSA) is 123 Å². The van der Waals surface area contributed by atoms with Gasteiger partial charge >= 0.3 is 0 Å². The Morgan fingerprint density at radius 2 is 1.63 bits per heavy atom. The minimum Gasteiger partial charge on any atom is -0.352 e. The number of rotatable bonds is 12. The highest BCUT2D eigenvalue weighted by Gasteiger charge is 2.45. The molecule has 1 saturated heterocycles. The van der Waals surface area contributed by atoms with E-state index in [1.165, 1.54) is 17.0 Å². The predicted octanol–water partition coefficient (Wildman–Crippen LogP) is 3.90. The minimum atomic E-state index is -1.05. The number of piperazine rings is 1. The van der Waals surface area contributed by atoms with Crippen molar-refractivity contribution < 1.29 is 23.6 Å². The van der Waals surface area contributed by atoms with Crippen LogP contribution >= 0.6 is 0 Å². The van der Waals surface area contributed by atoms with E-state index in [0.717, 1.165) is 29.2 Å². The molecule has 1 heterocycles. The van der Waals surface area contributed by atoms with Crippen LogP contribution in [-0.4, -0.2) is 70.7 Å². The van der Waals surface area contributed by atoms with Gasteiger partial charge in [-0.15, -0.1) is 0 Å². The van der Waals surface area contributed by atoms with E-state index in [9.17, 15) is 23.6 Å². The number of fused-ring (bicyclic) bond motifs is 1. The van der Waals surface area contributed by atoms with Crippen molar-refractivity contribution in [1.82, 2.24) is 20.4 Å². The summed E-state index contributed by atoms with van der Waals surface area (Å²) in [5.41, 5.74) is 1.55. The zero-order valence-electron chi connectivity index (χ0n) is 26.2. The SMILES string of the molecule is CC(C)NC(=O)[C@H](Cc1ccc2ccccc2c1)N1CCN(C(=O)[C@@H](Cc2ccc(F)cc2)NC(=O)CC#N)C(CC2CC2)C1=O. The maximum Gasteiger partial charge on any atom is 0.246 e. The van der Waals surface area contributed by atoms with Crippen LogP contribution in [0.15, 0.2) is 66.7 Å². The van der Waals surface area contributed by atoms with Crippen LogP contribution in [0.4, 0.5) is 4.39 Å². The summed E-state index contributed by atoms with van der Waals surface area (Å²) in [6, 6.07) is 18.7. The summed E-state index contributed by atoms with van der Waals surface area (Å²) in [5, 5.41) is 16.8. The second kappa shape index (κ2) is 14.5. The summed E-state index contributed by atoms with van der Waals surface area (Å²) in [5.74, 6) is -1.72. The molecule has 46 heavy (non-hydrogen) atoms. The number of benzene rings is 3. The average molecular weight is 626 g/mol. The third kappa shape index (κ3) is 8.08. The molecular weight excluding hydrogens is 585 g/mol. The molecule has 240 valence electrons. The van der Waals surface area contributed by atoms with Crippen molar-refractivity contribution >= 4 is 34.4 Å². The Hall–Kier alpha value is -4.78. The van der Waals surface area contributed by atoms with Crippen LogP contribution in [0, 0.1) is 23.1 Å². The molecule has 10 heteroatoms. The second-order valence-corrected chi connectivity index (χ2v) is 12.6. The predicted molar refractivity (Wildman–Crippen MR) is 172 cm³/mol. The fourth-order valence-corrected chi connectivity index (χ4v) is 6.16. The van der Waals surface area contributed by atoms with Gasteiger partial charge in [0.25, 0.3) is 0 Å². The Kier molecular flexibility index (Phi) is 10.3. The van der Waals surface area contributed by atoms with E-state index in [2.05, 4.69) is 10.6 Å². The molecule has 2 N–H and O–H groups in total. The van der Waals surface area contributed by atoms with Gasteiger partial charge < -0.3 is 20.4 Å². The zero-order valence-corrected chi connectivity index (χ0v) is 26.2. The average Bonchev–Trinajstić information content (AvgIpc) is 3.85. The lowest BCUT2D eigenvalue weighted by atomic mass is 9.96. The first-order valence-electron chi connectivity index (χ1n) is 15.9. The quantitative estimate of drug-likeness (QED) is 0.316. The first-order chi connectivity index (χ1) is 22.1. The Morgan fingerprint density at radius 3 is 2.30 bits per heavy atom. The monoisotopic (exact) mass is 625 g/mol. The van der Waals surface area contributed by atoms with Crippen LogP contribution < -0.4 is 10.6 Å². The van der Waals surface area contributed by atoms with Crippen molar-refractivity contribution in [2.75, 3.05) is 13.1 Å². The molecule has 0 bridgehead atoms. The lowest BCUT2D eigenvalue weighted by molar-refractivity contribution is -0.157. The fraction of sp³-hybridized carbons (Fsp3) is 0.417. The van der Waals surface area contributed by atoms with Gasteiger partial charge in [0, 0.05) is 32.0 Å². The van der Waals surface area contributed by atoms with E-state index in [0.29, 0.717) is 18.4 Å². The molecule has 0 aromatic heterocycles. The van der Waals surface area contributed by atoms with Crippen LogP contribution in [0.5, 0.6) is 0 Å². The van der Waals surface area contributed by atoms with Gasteiger partial charge in [-0.3, -0.25) is 19.2 Å². The first kappa shape index (κ1) is 32.6. The van der Waals surface area contributed by atoms with E-state index in [1.54, 1.807) is 23.1 Å². The summed E-state index contributed by atoms with van der Waals surface area (Å²) in [6.07, 6.45) is 2.34. The number of carbonyl (C=O) groups excluding carboxylic acids is 4. The van der Waals surface area contributed by atoms with Gasteiger partial charge in [-0.2, -0.15) is 5.26 Å². The number of hydrogen-bond acceptors (Lipinski definition) is 5. The standard InChI is InChI=1S/C36H40FN5O4/c1-23(2)39-34(44)31(22-26-9-12-27-5-3-4-6-28(27)19-26)41-17-18-42(32(36(41)46)21-25-7-8-25)35(45)30(40-33(43)15-16-38)20-24-10-13-29(37)14-11-24/h3-6,9-14,19,23,25,30-32H,7-8,15,17-18,20-22H2,1-2H3,(H,39,44)(H,40,43)/t30-,31+,32?/m1/s1. The van der Waals surface area contributed by atoms with Crippen molar-refractivity contribution in [2.24, 2.45) is 5.92 Å². The van der Waals surface area contributed by atoms with Gasteiger partial charge in [0.2, 0.25) is 23.6 Å². The van der Waals surface area contributed by atoms with Crippen LogP contribution in [0.1, 0.15) is 50.7 Å². The summed E-state index contributed by atoms with van der Waals surface area (Å²) in [6.45, 7) is 4.08. The van der Waals surface area contributed by atoms with E-state index in [1.807, 2.05) is 56.3 Å². The smallest absolute Gasteiger partial charge is 0.246 e. The molecule has 3 atom stereocenters. The number of nitriles is 1. The van der Waals surface area contributed by atoms with Crippen LogP contribution in [0.25, 0.3) is 10.8 Å². The highest BCUT2D eigenvalue weighted by Crippen LogP contribution is 2.36. The molecule has 1 aliphatic carbocycles. The lowest BCUT2D eigenvalue weighted by Gasteiger charge is -2.44. The maximum absolute atomic E-state index is 14.4. The minimum absolute atomic E-state index is 0.0716. The van der Waals surface area contributed by atoms with Crippen LogP contribution in [-0.2, 0) is 32.0 Å². The Morgan fingerprint density at radius 1 is 0.935 bits per heavy atom. The molecule has 9 nitrogen and oxygen atoms in total. The molecule has 1 unspecified atom stereocenters. The van der Waals surface area contributed by atoms with Crippen LogP contribution in [0.3, 0.4) is 0 Å². The largest absolute Gasteiger partial charge is 0.352 e. The number of amides is 4. The van der Waals surface area contributed by atoms with E-state index < -0.39 is 42.2 Å². The highest BCUT2D eigenvalue weighted by atomic mass is 19.1. The molecule has 0 spiro atoms. The molecule has 1 aliphatic heterocycles. The van der Waals surface area contributed by atoms with Gasteiger partial charge in [0.1, 0.15) is 30.4 Å². The van der Waals surface area contributed by atoms with Crippen molar-refractivity contribution in [3.05, 3.63) is 83.7 Å². The Balaban J connectivity index is 1.42. The van der Waals surface area contributed by atoms with Gasteiger partial charge in [0.15, 0.2) is 0 Å². The third-order valence-corrected chi connectivity index (χ3v) is 8.64. The first-order valence-corrected chi connectivity index (χ1v) is 15.9. The van der Waals surface area contributed by atoms with E-state index in [4.69, 9.17) is 5.26 Å². The Bertz CT molecular complexity index is 1630. The summed E-state index contributed by atoms with van der Waals surface area (Å²) in [7, 11) is 0. The summed E-state index contributed by atoms with van der Waals surface area (Å²) >= 11 is 0. The molecular formula is C36H40FN5O4.